The predicted molar refractivity (Wildman–Crippen MR) is 99.3 cm³/mol. The molecule has 0 bridgehead atoms. The number of H-pyrrole nitrogens is 1. The summed E-state index contributed by atoms with van der Waals surface area (Å²) in [4.78, 5) is 7.49. The van der Waals surface area contributed by atoms with Crippen LogP contribution in [0.25, 0.3) is 10.9 Å². The van der Waals surface area contributed by atoms with E-state index in [2.05, 4.69) is 33.6 Å². The average molecular weight is 330 g/mol. The summed E-state index contributed by atoms with van der Waals surface area (Å²) in [6.45, 7) is 2.12. The quantitative estimate of drug-likeness (QED) is 0.648. The third kappa shape index (κ3) is 3.57. The average Bonchev–Trinajstić information content (AvgIpc) is 3.30. The Morgan fingerprint density at radius 1 is 1.32 bits per heavy atom. The zero-order valence-corrected chi connectivity index (χ0v) is 14.2. The largest absolute Gasteiger partial charge is 0.361 e. The smallest absolute Gasteiger partial charge is 0.0991 e. The van der Waals surface area contributed by atoms with E-state index in [0.717, 1.165) is 37.0 Å². The van der Waals surface area contributed by atoms with Crippen LogP contribution < -0.4 is 5.32 Å². The van der Waals surface area contributed by atoms with Crippen LogP contribution in [0, 0.1) is 17.2 Å². The maximum absolute atomic E-state index is 9.11. The maximum Gasteiger partial charge on any atom is 0.0991 e. The molecule has 1 aliphatic carbocycles. The van der Waals surface area contributed by atoms with E-state index in [1.807, 2.05) is 36.7 Å². The molecule has 1 fully saturated rings. The van der Waals surface area contributed by atoms with Gasteiger partial charge in [0.05, 0.1) is 11.6 Å². The third-order valence-electron chi connectivity index (χ3n) is 5.11. The van der Waals surface area contributed by atoms with Crippen LogP contribution in [-0.2, 0) is 6.42 Å². The summed E-state index contributed by atoms with van der Waals surface area (Å²) < 4.78 is 0. The summed E-state index contributed by atoms with van der Waals surface area (Å²) in [6.07, 6.45) is 9.34. The molecule has 4 heteroatoms. The Bertz CT molecular complexity index is 891. The number of benzene rings is 1. The Kier molecular flexibility index (Phi) is 4.49. The highest BCUT2D eigenvalue weighted by molar-refractivity contribution is 5.85. The molecule has 0 amide bonds. The molecule has 1 aliphatic rings. The van der Waals surface area contributed by atoms with Gasteiger partial charge in [0.25, 0.3) is 0 Å². The number of fused-ring (bicyclic) bond motifs is 1. The molecule has 126 valence electrons. The SMILES string of the molecule is N#Cc1ccc2[nH]cc([C@@H]3C[C@H]3CNCCCc3cccnc3)c2c1. The highest BCUT2D eigenvalue weighted by atomic mass is 14.9. The van der Waals surface area contributed by atoms with Crippen LogP contribution in [0.3, 0.4) is 0 Å². The van der Waals surface area contributed by atoms with Gasteiger partial charge in [-0.05, 0) is 79.6 Å². The first-order chi connectivity index (χ1) is 12.3. The molecule has 2 aromatic heterocycles. The molecule has 2 atom stereocenters. The molecule has 0 saturated heterocycles. The molecule has 0 aliphatic heterocycles. The topological polar surface area (TPSA) is 64.5 Å². The van der Waals surface area contributed by atoms with Crippen LogP contribution in [0.5, 0.6) is 0 Å². The number of aryl methyl sites for hydroxylation is 1. The van der Waals surface area contributed by atoms with Crippen molar-refractivity contribution < 1.29 is 0 Å². The van der Waals surface area contributed by atoms with Gasteiger partial charge in [-0.3, -0.25) is 4.98 Å². The monoisotopic (exact) mass is 330 g/mol. The van der Waals surface area contributed by atoms with Gasteiger partial charge in [-0.2, -0.15) is 5.26 Å². The molecule has 0 spiro atoms. The summed E-state index contributed by atoms with van der Waals surface area (Å²) in [7, 11) is 0. The first kappa shape index (κ1) is 15.9. The Hall–Kier alpha value is -2.64. The van der Waals surface area contributed by atoms with Crippen LogP contribution in [0.4, 0.5) is 0 Å². The summed E-state index contributed by atoms with van der Waals surface area (Å²) in [5, 5.41) is 13.9. The second-order valence-corrected chi connectivity index (χ2v) is 6.89. The number of nitrogens with one attached hydrogen (secondary N) is 2. The third-order valence-corrected chi connectivity index (χ3v) is 5.11. The molecule has 0 unspecified atom stereocenters. The number of pyridine rings is 1. The second-order valence-electron chi connectivity index (χ2n) is 6.89. The molecule has 2 N–H and O–H groups in total. The number of nitrogens with zero attached hydrogens (tertiary/aromatic N) is 2. The van der Waals surface area contributed by atoms with E-state index in [1.54, 1.807) is 0 Å². The van der Waals surface area contributed by atoms with Gasteiger partial charge >= 0.3 is 0 Å². The van der Waals surface area contributed by atoms with Crippen LogP contribution in [-0.4, -0.2) is 23.1 Å². The molecule has 1 saturated carbocycles. The van der Waals surface area contributed by atoms with Crippen LogP contribution in [0.2, 0.25) is 0 Å². The van der Waals surface area contributed by atoms with Crippen LogP contribution in [0.15, 0.2) is 48.9 Å². The Morgan fingerprint density at radius 2 is 2.28 bits per heavy atom. The van der Waals surface area contributed by atoms with Gasteiger partial charge in [0.2, 0.25) is 0 Å². The predicted octanol–water partition coefficient (Wildman–Crippen LogP) is 3.76. The van der Waals surface area contributed by atoms with E-state index in [9.17, 15) is 0 Å². The Labute approximate surface area is 147 Å². The molecule has 25 heavy (non-hydrogen) atoms. The molecule has 1 aromatic carbocycles. The van der Waals surface area contributed by atoms with Gasteiger partial charge in [-0.1, -0.05) is 6.07 Å². The van der Waals surface area contributed by atoms with E-state index >= 15 is 0 Å². The molecule has 4 nitrogen and oxygen atoms in total. The summed E-state index contributed by atoms with van der Waals surface area (Å²) in [5.41, 5.74) is 4.54. The molecular formula is C21H22N4. The zero-order chi connectivity index (χ0) is 17.1. The van der Waals surface area contributed by atoms with Crippen molar-refractivity contribution in [2.45, 2.75) is 25.2 Å². The number of aromatic nitrogens is 2. The van der Waals surface area contributed by atoms with E-state index in [4.69, 9.17) is 5.26 Å². The highest BCUT2D eigenvalue weighted by Gasteiger charge is 2.39. The number of hydrogen-bond donors (Lipinski definition) is 2. The minimum absolute atomic E-state index is 0.619. The highest BCUT2D eigenvalue weighted by Crippen LogP contribution is 2.49. The minimum atomic E-state index is 0.619. The van der Waals surface area contributed by atoms with Gasteiger partial charge in [-0.15, -0.1) is 0 Å². The van der Waals surface area contributed by atoms with E-state index in [-0.39, 0.29) is 0 Å². The molecule has 2 heterocycles. The van der Waals surface area contributed by atoms with Gasteiger partial charge in [0, 0.05) is 29.5 Å². The number of hydrogen-bond acceptors (Lipinski definition) is 3. The van der Waals surface area contributed by atoms with Crippen LogP contribution in [0.1, 0.15) is 35.4 Å². The first-order valence-electron chi connectivity index (χ1n) is 8.96. The van der Waals surface area contributed by atoms with Crippen molar-refractivity contribution >= 4 is 10.9 Å². The van der Waals surface area contributed by atoms with Gasteiger partial charge in [0.1, 0.15) is 0 Å². The molecule has 4 rings (SSSR count). The fraction of sp³-hybridized carbons (Fsp3) is 0.333. The van der Waals surface area contributed by atoms with Crippen molar-refractivity contribution in [3.8, 4) is 6.07 Å². The van der Waals surface area contributed by atoms with E-state index < -0.39 is 0 Å². The lowest BCUT2D eigenvalue weighted by atomic mass is 10.1. The number of aromatic amines is 1. The van der Waals surface area contributed by atoms with Crippen LogP contribution >= 0.6 is 0 Å². The Morgan fingerprint density at radius 3 is 3.12 bits per heavy atom. The normalized spacial score (nSPS) is 19.0. The first-order valence-corrected chi connectivity index (χ1v) is 8.96. The summed E-state index contributed by atoms with van der Waals surface area (Å²) >= 11 is 0. The number of rotatable bonds is 7. The zero-order valence-electron chi connectivity index (χ0n) is 14.2. The van der Waals surface area contributed by atoms with E-state index in [1.165, 1.54) is 22.9 Å². The lowest BCUT2D eigenvalue weighted by Crippen LogP contribution is -2.19. The summed E-state index contributed by atoms with van der Waals surface area (Å²) in [6, 6.07) is 12.3. The molecule has 3 aromatic rings. The molecular weight excluding hydrogens is 308 g/mol. The van der Waals surface area contributed by atoms with Gasteiger partial charge < -0.3 is 10.3 Å². The van der Waals surface area contributed by atoms with Crippen molar-refractivity contribution in [2.24, 2.45) is 5.92 Å². The molecule has 0 radical (unpaired) electrons. The lowest BCUT2D eigenvalue weighted by Gasteiger charge is -2.04. The van der Waals surface area contributed by atoms with Gasteiger partial charge in [0.15, 0.2) is 0 Å². The number of nitriles is 1. The van der Waals surface area contributed by atoms with Crippen molar-refractivity contribution in [3.63, 3.8) is 0 Å². The fourth-order valence-corrected chi connectivity index (χ4v) is 3.62. The van der Waals surface area contributed by atoms with Gasteiger partial charge in [-0.25, -0.2) is 0 Å². The van der Waals surface area contributed by atoms with Crippen molar-refractivity contribution in [1.29, 1.82) is 5.26 Å². The van der Waals surface area contributed by atoms with E-state index in [0.29, 0.717) is 11.8 Å². The standard InChI is InChI=1S/C21H22N4/c22-11-16-5-6-21-19(9-16)20(14-25-21)18-10-17(18)13-24-8-2-4-15-3-1-7-23-12-15/h1,3,5-7,9,12,14,17-18,24-25H,2,4,8,10,13H2/t17-,18+/m0/s1. The second kappa shape index (κ2) is 7.08. The van der Waals surface area contributed by atoms with Crippen molar-refractivity contribution in [2.75, 3.05) is 13.1 Å². The fourth-order valence-electron chi connectivity index (χ4n) is 3.62. The minimum Gasteiger partial charge on any atom is -0.361 e. The Balaban J connectivity index is 1.26. The lowest BCUT2D eigenvalue weighted by molar-refractivity contribution is 0.605. The van der Waals surface area contributed by atoms with Crippen molar-refractivity contribution in [3.05, 3.63) is 65.6 Å². The summed E-state index contributed by atoms with van der Waals surface area (Å²) in [5.74, 6) is 1.33. The maximum atomic E-state index is 9.11. The van der Waals surface area contributed by atoms with Crippen molar-refractivity contribution in [1.82, 2.24) is 15.3 Å².